The standard InChI is InChI=1S/C15H16ClN3O2/c1-10-13(3-2-4-14(10)16)15(21)18-5-6-19-12(8-18)7-11(9-20)17-19/h2-4,7,20H,5-6,8-9H2,1H3. The number of aromatic nitrogens is 2. The van der Waals surface area contributed by atoms with Gasteiger partial charge in [-0.25, -0.2) is 0 Å². The number of amides is 1. The molecule has 1 N–H and O–H groups in total. The van der Waals surface area contributed by atoms with Crippen LogP contribution < -0.4 is 0 Å². The molecule has 3 rings (SSSR count). The van der Waals surface area contributed by atoms with Gasteiger partial charge in [0.2, 0.25) is 0 Å². The molecule has 0 spiro atoms. The molecular weight excluding hydrogens is 290 g/mol. The Morgan fingerprint density at radius 2 is 2.24 bits per heavy atom. The second kappa shape index (κ2) is 5.50. The maximum atomic E-state index is 12.6. The lowest BCUT2D eigenvalue weighted by atomic mass is 10.1. The number of aliphatic hydroxyl groups excluding tert-OH is 1. The van der Waals surface area contributed by atoms with E-state index in [1.165, 1.54) is 0 Å². The maximum Gasteiger partial charge on any atom is 0.254 e. The zero-order valence-electron chi connectivity index (χ0n) is 11.7. The van der Waals surface area contributed by atoms with Crippen molar-refractivity contribution in [2.75, 3.05) is 6.54 Å². The van der Waals surface area contributed by atoms with Crippen molar-refractivity contribution in [2.45, 2.75) is 26.6 Å². The number of hydrogen-bond donors (Lipinski definition) is 1. The van der Waals surface area contributed by atoms with Crippen LogP contribution in [-0.2, 0) is 19.7 Å². The first-order valence-corrected chi connectivity index (χ1v) is 7.19. The Kier molecular flexibility index (Phi) is 3.69. The summed E-state index contributed by atoms with van der Waals surface area (Å²) >= 11 is 6.09. The van der Waals surface area contributed by atoms with E-state index >= 15 is 0 Å². The molecule has 0 bridgehead atoms. The van der Waals surface area contributed by atoms with Gasteiger partial charge in [0, 0.05) is 17.1 Å². The Morgan fingerprint density at radius 1 is 1.43 bits per heavy atom. The topological polar surface area (TPSA) is 58.4 Å². The fraction of sp³-hybridized carbons (Fsp3) is 0.333. The van der Waals surface area contributed by atoms with Crippen LogP contribution in [-0.4, -0.2) is 32.2 Å². The number of halogens is 1. The van der Waals surface area contributed by atoms with Gasteiger partial charge < -0.3 is 10.0 Å². The SMILES string of the molecule is Cc1c(Cl)cccc1C(=O)N1CCn2nc(CO)cc2C1. The molecule has 1 aromatic heterocycles. The Balaban J connectivity index is 1.85. The molecular formula is C15H16ClN3O2. The fourth-order valence-electron chi connectivity index (χ4n) is 2.59. The minimum Gasteiger partial charge on any atom is -0.390 e. The van der Waals surface area contributed by atoms with E-state index in [-0.39, 0.29) is 12.5 Å². The normalized spacial score (nSPS) is 14.1. The molecule has 1 aliphatic heterocycles. The summed E-state index contributed by atoms with van der Waals surface area (Å²) in [5.41, 5.74) is 3.02. The van der Waals surface area contributed by atoms with Gasteiger partial charge in [-0.2, -0.15) is 5.10 Å². The van der Waals surface area contributed by atoms with E-state index in [0.29, 0.717) is 35.9 Å². The smallest absolute Gasteiger partial charge is 0.254 e. The van der Waals surface area contributed by atoms with Crippen molar-refractivity contribution in [1.29, 1.82) is 0 Å². The molecule has 2 aromatic rings. The van der Waals surface area contributed by atoms with Gasteiger partial charge in [0.25, 0.3) is 5.91 Å². The first kappa shape index (κ1) is 14.1. The third-order valence-electron chi connectivity index (χ3n) is 3.80. The van der Waals surface area contributed by atoms with Crippen LogP contribution in [0, 0.1) is 6.92 Å². The number of aliphatic hydroxyl groups is 1. The highest BCUT2D eigenvalue weighted by molar-refractivity contribution is 6.31. The van der Waals surface area contributed by atoms with Crippen molar-refractivity contribution >= 4 is 17.5 Å². The summed E-state index contributed by atoms with van der Waals surface area (Å²) in [4.78, 5) is 14.4. The third-order valence-corrected chi connectivity index (χ3v) is 4.21. The number of rotatable bonds is 2. The molecule has 2 heterocycles. The molecule has 1 aliphatic rings. The highest BCUT2D eigenvalue weighted by atomic mass is 35.5. The van der Waals surface area contributed by atoms with E-state index in [2.05, 4.69) is 5.10 Å². The van der Waals surface area contributed by atoms with Crippen molar-refractivity contribution in [3.05, 3.63) is 51.8 Å². The minimum atomic E-state index is -0.0820. The highest BCUT2D eigenvalue weighted by Crippen LogP contribution is 2.22. The van der Waals surface area contributed by atoms with Crippen LogP contribution in [0.2, 0.25) is 5.02 Å². The summed E-state index contributed by atoms with van der Waals surface area (Å²) in [5.74, 6) is -0.0204. The molecule has 1 aromatic carbocycles. The van der Waals surface area contributed by atoms with Crippen LogP contribution in [0.25, 0.3) is 0 Å². The van der Waals surface area contributed by atoms with E-state index in [1.54, 1.807) is 23.1 Å². The van der Waals surface area contributed by atoms with Gasteiger partial charge in [-0.15, -0.1) is 0 Å². The summed E-state index contributed by atoms with van der Waals surface area (Å²) in [6.07, 6.45) is 0. The van der Waals surface area contributed by atoms with Crippen LogP contribution in [0.1, 0.15) is 27.3 Å². The number of carbonyl (C=O) groups excluding carboxylic acids is 1. The van der Waals surface area contributed by atoms with Gasteiger partial charge in [0.15, 0.2) is 0 Å². The molecule has 21 heavy (non-hydrogen) atoms. The number of fused-ring (bicyclic) bond motifs is 1. The molecule has 5 nitrogen and oxygen atoms in total. The monoisotopic (exact) mass is 305 g/mol. The number of carbonyl (C=O) groups is 1. The zero-order valence-corrected chi connectivity index (χ0v) is 12.5. The van der Waals surface area contributed by atoms with Gasteiger partial charge >= 0.3 is 0 Å². The van der Waals surface area contributed by atoms with Crippen molar-refractivity contribution in [3.63, 3.8) is 0 Å². The Hall–Kier alpha value is -1.85. The zero-order chi connectivity index (χ0) is 15.0. The predicted octanol–water partition coefficient (Wildman–Crippen LogP) is 1.99. The quantitative estimate of drug-likeness (QED) is 0.923. The number of hydrogen-bond acceptors (Lipinski definition) is 3. The molecule has 0 radical (unpaired) electrons. The molecule has 110 valence electrons. The number of benzene rings is 1. The van der Waals surface area contributed by atoms with Gasteiger partial charge in [0.1, 0.15) is 0 Å². The van der Waals surface area contributed by atoms with E-state index in [1.807, 2.05) is 17.7 Å². The molecule has 6 heteroatoms. The summed E-state index contributed by atoms with van der Waals surface area (Å²) in [6, 6.07) is 7.21. The molecule has 0 atom stereocenters. The second-order valence-corrected chi connectivity index (χ2v) is 5.55. The van der Waals surface area contributed by atoms with Crippen molar-refractivity contribution < 1.29 is 9.90 Å². The minimum absolute atomic E-state index is 0.0204. The molecule has 0 aliphatic carbocycles. The van der Waals surface area contributed by atoms with Crippen LogP contribution in [0.4, 0.5) is 0 Å². The van der Waals surface area contributed by atoms with Crippen LogP contribution >= 0.6 is 11.6 Å². The third kappa shape index (κ3) is 2.54. The Labute approximate surface area is 127 Å². The summed E-state index contributed by atoms with van der Waals surface area (Å²) < 4.78 is 1.85. The average molecular weight is 306 g/mol. The fourth-order valence-corrected chi connectivity index (χ4v) is 2.76. The highest BCUT2D eigenvalue weighted by Gasteiger charge is 2.24. The van der Waals surface area contributed by atoms with Gasteiger partial charge in [-0.1, -0.05) is 17.7 Å². The largest absolute Gasteiger partial charge is 0.390 e. The first-order valence-electron chi connectivity index (χ1n) is 6.81. The Morgan fingerprint density at radius 3 is 3.00 bits per heavy atom. The van der Waals surface area contributed by atoms with Gasteiger partial charge in [-0.05, 0) is 30.7 Å². The van der Waals surface area contributed by atoms with Crippen LogP contribution in [0.3, 0.4) is 0 Å². The van der Waals surface area contributed by atoms with E-state index in [0.717, 1.165) is 11.3 Å². The number of nitrogens with zero attached hydrogens (tertiary/aromatic N) is 3. The van der Waals surface area contributed by atoms with E-state index < -0.39 is 0 Å². The summed E-state index contributed by atoms with van der Waals surface area (Å²) in [5, 5.41) is 14.0. The second-order valence-electron chi connectivity index (χ2n) is 5.15. The first-order chi connectivity index (χ1) is 10.1. The van der Waals surface area contributed by atoms with E-state index in [4.69, 9.17) is 16.7 Å². The Bertz CT molecular complexity index is 696. The maximum absolute atomic E-state index is 12.6. The lowest BCUT2D eigenvalue weighted by Crippen LogP contribution is -2.38. The lowest BCUT2D eigenvalue weighted by molar-refractivity contribution is 0.0705. The molecule has 0 unspecified atom stereocenters. The van der Waals surface area contributed by atoms with Crippen molar-refractivity contribution in [2.24, 2.45) is 0 Å². The van der Waals surface area contributed by atoms with Gasteiger partial charge in [-0.3, -0.25) is 9.48 Å². The van der Waals surface area contributed by atoms with Crippen LogP contribution in [0.15, 0.2) is 24.3 Å². The average Bonchev–Trinajstić information content (AvgIpc) is 2.91. The molecule has 0 fully saturated rings. The molecule has 1 amide bonds. The molecule has 0 saturated carbocycles. The predicted molar refractivity (Wildman–Crippen MR) is 79.1 cm³/mol. The van der Waals surface area contributed by atoms with Gasteiger partial charge in [0.05, 0.1) is 31.1 Å². The van der Waals surface area contributed by atoms with Crippen LogP contribution in [0.5, 0.6) is 0 Å². The van der Waals surface area contributed by atoms with Crippen molar-refractivity contribution in [1.82, 2.24) is 14.7 Å². The van der Waals surface area contributed by atoms with Crippen molar-refractivity contribution in [3.8, 4) is 0 Å². The van der Waals surface area contributed by atoms with E-state index in [9.17, 15) is 4.79 Å². The summed E-state index contributed by atoms with van der Waals surface area (Å²) in [6.45, 7) is 3.51. The summed E-state index contributed by atoms with van der Waals surface area (Å²) in [7, 11) is 0. The lowest BCUT2D eigenvalue weighted by Gasteiger charge is -2.28. The molecule has 0 saturated heterocycles.